The summed E-state index contributed by atoms with van der Waals surface area (Å²) in [5.41, 5.74) is 1.80. The van der Waals surface area contributed by atoms with Gasteiger partial charge in [0.25, 0.3) is 0 Å². The van der Waals surface area contributed by atoms with Gasteiger partial charge in [-0.3, -0.25) is 10.1 Å². The van der Waals surface area contributed by atoms with Crippen LogP contribution < -0.4 is 5.32 Å². The standard InChI is InChI=1S/C14H17N3O2/c18-13(6-5-10-7-8-19-9-10)17-14-15-11-3-1-2-4-12(11)16-14/h1-4,10H,5-9H2,(H2,15,16,17,18). The maximum Gasteiger partial charge on any atom is 0.226 e. The molecule has 3 rings (SSSR count). The number of imidazole rings is 1. The van der Waals surface area contributed by atoms with Crippen molar-refractivity contribution in [2.45, 2.75) is 19.3 Å². The molecule has 1 aliphatic heterocycles. The second-order valence-corrected chi connectivity index (χ2v) is 4.92. The van der Waals surface area contributed by atoms with E-state index in [1.807, 2.05) is 24.3 Å². The fourth-order valence-electron chi connectivity index (χ4n) is 2.35. The largest absolute Gasteiger partial charge is 0.381 e. The highest BCUT2D eigenvalue weighted by molar-refractivity contribution is 5.91. The number of aromatic amines is 1. The van der Waals surface area contributed by atoms with Gasteiger partial charge in [0.1, 0.15) is 0 Å². The maximum atomic E-state index is 11.8. The van der Waals surface area contributed by atoms with Crippen molar-refractivity contribution in [3.05, 3.63) is 24.3 Å². The number of aromatic nitrogens is 2. The Hall–Kier alpha value is -1.88. The molecule has 2 heterocycles. The van der Waals surface area contributed by atoms with Gasteiger partial charge in [0, 0.05) is 19.6 Å². The summed E-state index contributed by atoms with van der Waals surface area (Å²) < 4.78 is 5.30. The highest BCUT2D eigenvalue weighted by Crippen LogP contribution is 2.18. The zero-order valence-corrected chi connectivity index (χ0v) is 10.7. The molecule has 0 bridgehead atoms. The molecule has 1 atom stereocenters. The van der Waals surface area contributed by atoms with Crippen molar-refractivity contribution in [3.63, 3.8) is 0 Å². The average Bonchev–Trinajstić information content (AvgIpc) is 3.04. The zero-order valence-electron chi connectivity index (χ0n) is 10.7. The van der Waals surface area contributed by atoms with E-state index < -0.39 is 0 Å². The van der Waals surface area contributed by atoms with Crippen molar-refractivity contribution < 1.29 is 9.53 Å². The van der Waals surface area contributed by atoms with Crippen molar-refractivity contribution in [3.8, 4) is 0 Å². The molecule has 19 heavy (non-hydrogen) atoms. The van der Waals surface area contributed by atoms with Gasteiger partial charge in [-0.1, -0.05) is 12.1 Å². The molecule has 1 aliphatic rings. The smallest absolute Gasteiger partial charge is 0.226 e. The monoisotopic (exact) mass is 259 g/mol. The van der Waals surface area contributed by atoms with Crippen LogP contribution in [0.3, 0.4) is 0 Å². The fraction of sp³-hybridized carbons (Fsp3) is 0.429. The number of carbonyl (C=O) groups excluding carboxylic acids is 1. The maximum absolute atomic E-state index is 11.8. The second-order valence-electron chi connectivity index (χ2n) is 4.92. The number of para-hydroxylation sites is 2. The van der Waals surface area contributed by atoms with Crippen LogP contribution in [-0.4, -0.2) is 29.1 Å². The number of rotatable bonds is 4. The molecular weight excluding hydrogens is 242 g/mol. The van der Waals surface area contributed by atoms with Crippen LogP contribution >= 0.6 is 0 Å². The quantitative estimate of drug-likeness (QED) is 0.885. The molecule has 2 aromatic rings. The summed E-state index contributed by atoms with van der Waals surface area (Å²) in [5.74, 6) is 1.06. The molecule has 1 amide bonds. The van der Waals surface area contributed by atoms with Gasteiger partial charge >= 0.3 is 0 Å². The summed E-state index contributed by atoms with van der Waals surface area (Å²) in [6, 6.07) is 7.71. The molecule has 100 valence electrons. The molecule has 0 radical (unpaired) electrons. The SMILES string of the molecule is O=C(CCC1CCOC1)Nc1nc2ccccc2[nH]1. The number of fused-ring (bicyclic) bond motifs is 1. The number of nitrogens with one attached hydrogen (secondary N) is 2. The normalized spacial score (nSPS) is 18.8. The van der Waals surface area contributed by atoms with Crippen LogP contribution in [0.4, 0.5) is 5.95 Å². The first-order valence-electron chi connectivity index (χ1n) is 6.63. The van der Waals surface area contributed by atoms with Gasteiger partial charge < -0.3 is 9.72 Å². The van der Waals surface area contributed by atoms with Gasteiger partial charge in [-0.05, 0) is 30.9 Å². The number of ether oxygens (including phenoxy) is 1. The predicted molar refractivity (Wildman–Crippen MR) is 72.9 cm³/mol. The van der Waals surface area contributed by atoms with Crippen LogP contribution in [0.15, 0.2) is 24.3 Å². The lowest BCUT2D eigenvalue weighted by molar-refractivity contribution is -0.116. The van der Waals surface area contributed by atoms with Crippen LogP contribution in [0.2, 0.25) is 0 Å². The van der Waals surface area contributed by atoms with Gasteiger partial charge in [0.2, 0.25) is 11.9 Å². The molecule has 5 heteroatoms. The summed E-state index contributed by atoms with van der Waals surface area (Å²) in [5, 5.41) is 2.81. The predicted octanol–water partition coefficient (Wildman–Crippen LogP) is 2.32. The molecular formula is C14H17N3O2. The van der Waals surface area contributed by atoms with E-state index in [0.29, 0.717) is 18.3 Å². The van der Waals surface area contributed by atoms with Crippen molar-refractivity contribution in [2.75, 3.05) is 18.5 Å². The van der Waals surface area contributed by atoms with Gasteiger partial charge in [0.05, 0.1) is 11.0 Å². The lowest BCUT2D eigenvalue weighted by Gasteiger charge is -2.06. The van der Waals surface area contributed by atoms with Crippen molar-refractivity contribution >= 4 is 22.9 Å². The average molecular weight is 259 g/mol. The molecule has 1 unspecified atom stereocenters. The summed E-state index contributed by atoms with van der Waals surface area (Å²) in [6.45, 7) is 1.62. The van der Waals surface area contributed by atoms with E-state index in [0.717, 1.165) is 37.1 Å². The lowest BCUT2D eigenvalue weighted by Crippen LogP contribution is -2.14. The summed E-state index contributed by atoms with van der Waals surface area (Å²) in [6.07, 6.45) is 2.47. The van der Waals surface area contributed by atoms with Gasteiger partial charge in [-0.15, -0.1) is 0 Å². The number of anilines is 1. The topological polar surface area (TPSA) is 67.0 Å². The molecule has 1 aromatic heterocycles. The Kier molecular flexibility index (Phi) is 3.46. The molecule has 1 fully saturated rings. The molecule has 5 nitrogen and oxygen atoms in total. The van der Waals surface area contributed by atoms with Gasteiger partial charge in [-0.2, -0.15) is 0 Å². The van der Waals surface area contributed by atoms with E-state index in [2.05, 4.69) is 15.3 Å². The third-order valence-corrected chi connectivity index (χ3v) is 3.45. The number of hydrogen-bond donors (Lipinski definition) is 2. The number of hydrogen-bond acceptors (Lipinski definition) is 3. The Labute approximate surface area is 111 Å². The van der Waals surface area contributed by atoms with E-state index in [4.69, 9.17) is 4.74 Å². The minimum absolute atomic E-state index is 0.00551. The third kappa shape index (κ3) is 2.93. The number of benzene rings is 1. The first-order valence-corrected chi connectivity index (χ1v) is 6.63. The Bertz CT molecular complexity index is 540. The van der Waals surface area contributed by atoms with Crippen LogP contribution in [0.25, 0.3) is 11.0 Å². The van der Waals surface area contributed by atoms with Gasteiger partial charge in [-0.25, -0.2) is 4.98 Å². The van der Waals surface area contributed by atoms with Crippen molar-refractivity contribution in [2.24, 2.45) is 5.92 Å². The number of H-pyrrole nitrogens is 1. The van der Waals surface area contributed by atoms with Crippen LogP contribution in [0.5, 0.6) is 0 Å². The zero-order chi connectivity index (χ0) is 13.1. The highest BCUT2D eigenvalue weighted by atomic mass is 16.5. The highest BCUT2D eigenvalue weighted by Gasteiger charge is 2.17. The van der Waals surface area contributed by atoms with Crippen molar-refractivity contribution in [1.82, 2.24) is 9.97 Å². The Balaban J connectivity index is 1.56. The van der Waals surface area contributed by atoms with E-state index in [1.54, 1.807) is 0 Å². The molecule has 2 N–H and O–H groups in total. The number of nitrogens with zero attached hydrogens (tertiary/aromatic N) is 1. The van der Waals surface area contributed by atoms with E-state index in [-0.39, 0.29) is 5.91 Å². The minimum atomic E-state index is 0.00551. The van der Waals surface area contributed by atoms with E-state index in [1.165, 1.54) is 0 Å². The second kappa shape index (κ2) is 5.40. The van der Waals surface area contributed by atoms with Crippen LogP contribution in [0.1, 0.15) is 19.3 Å². The third-order valence-electron chi connectivity index (χ3n) is 3.45. The van der Waals surface area contributed by atoms with E-state index in [9.17, 15) is 4.79 Å². The summed E-state index contributed by atoms with van der Waals surface area (Å²) >= 11 is 0. The Morgan fingerprint density at radius 2 is 2.37 bits per heavy atom. The molecule has 0 aliphatic carbocycles. The van der Waals surface area contributed by atoms with Crippen LogP contribution in [-0.2, 0) is 9.53 Å². The number of amides is 1. The number of carbonyl (C=O) groups is 1. The fourth-order valence-corrected chi connectivity index (χ4v) is 2.35. The van der Waals surface area contributed by atoms with Crippen LogP contribution in [0, 0.1) is 5.92 Å². The first-order chi connectivity index (χ1) is 9.31. The lowest BCUT2D eigenvalue weighted by atomic mass is 10.0. The summed E-state index contributed by atoms with van der Waals surface area (Å²) in [7, 11) is 0. The van der Waals surface area contributed by atoms with E-state index >= 15 is 0 Å². The Morgan fingerprint density at radius 1 is 1.47 bits per heavy atom. The first kappa shape index (κ1) is 12.2. The Morgan fingerprint density at radius 3 is 3.16 bits per heavy atom. The molecule has 0 saturated carbocycles. The molecule has 1 saturated heterocycles. The molecule has 0 spiro atoms. The summed E-state index contributed by atoms with van der Waals surface area (Å²) in [4.78, 5) is 19.2. The molecule has 1 aromatic carbocycles. The minimum Gasteiger partial charge on any atom is -0.381 e. The van der Waals surface area contributed by atoms with Crippen molar-refractivity contribution in [1.29, 1.82) is 0 Å². The van der Waals surface area contributed by atoms with Gasteiger partial charge in [0.15, 0.2) is 0 Å².